The fourth-order valence-corrected chi connectivity index (χ4v) is 6.16. The van der Waals surface area contributed by atoms with E-state index in [1.165, 1.54) is 12.1 Å². The summed E-state index contributed by atoms with van der Waals surface area (Å²) in [5, 5.41) is 12.5. The predicted octanol–water partition coefficient (Wildman–Crippen LogP) is 0.309. The molecule has 1 fully saturated rings. The molecule has 11 heteroatoms. The van der Waals surface area contributed by atoms with Crippen LogP contribution in [0.4, 0.5) is 0 Å². The largest absolute Gasteiger partial charge is 0.347 e. The van der Waals surface area contributed by atoms with Gasteiger partial charge in [0.1, 0.15) is 5.69 Å². The van der Waals surface area contributed by atoms with Gasteiger partial charge in [-0.25, -0.2) is 22.0 Å². The number of sulfone groups is 1. The van der Waals surface area contributed by atoms with Crippen LogP contribution in [0.2, 0.25) is 0 Å². The number of carbonyl (C=O) groups is 1. The molecule has 156 valence electrons. The van der Waals surface area contributed by atoms with Crippen molar-refractivity contribution in [2.45, 2.75) is 43.2 Å². The van der Waals surface area contributed by atoms with E-state index in [0.29, 0.717) is 12.1 Å². The number of nitrogens with one attached hydrogen (secondary N) is 1. The maximum atomic E-state index is 13.0. The van der Waals surface area contributed by atoms with Crippen molar-refractivity contribution in [2.75, 3.05) is 11.5 Å². The van der Waals surface area contributed by atoms with E-state index < -0.39 is 19.9 Å². The second-order valence-corrected chi connectivity index (χ2v) is 11.3. The molecule has 3 N–H and O–H groups in total. The SMILES string of the molecule is NS(=O)(=O)c1ccc(CNC(=O)c2c3c(nn2[C@@H]2CCS(=O)(=O)C2)CCC3)cc1. The summed E-state index contributed by atoms with van der Waals surface area (Å²) in [5.41, 5.74) is 2.94. The van der Waals surface area contributed by atoms with Gasteiger partial charge in [0, 0.05) is 12.1 Å². The van der Waals surface area contributed by atoms with Crippen LogP contribution in [0.1, 0.15) is 46.2 Å². The van der Waals surface area contributed by atoms with Crippen molar-refractivity contribution in [1.82, 2.24) is 15.1 Å². The van der Waals surface area contributed by atoms with E-state index in [-0.39, 0.29) is 34.9 Å². The molecule has 1 atom stereocenters. The van der Waals surface area contributed by atoms with Crippen LogP contribution in [0.3, 0.4) is 0 Å². The fourth-order valence-electron chi connectivity index (χ4n) is 3.95. The average molecular weight is 439 g/mol. The summed E-state index contributed by atoms with van der Waals surface area (Å²) >= 11 is 0. The molecule has 4 rings (SSSR count). The fraction of sp³-hybridized carbons (Fsp3) is 0.444. The summed E-state index contributed by atoms with van der Waals surface area (Å²) in [4.78, 5) is 13.0. The highest BCUT2D eigenvalue weighted by molar-refractivity contribution is 7.91. The van der Waals surface area contributed by atoms with Crippen molar-refractivity contribution in [3.8, 4) is 0 Å². The quantitative estimate of drug-likeness (QED) is 0.688. The number of carbonyl (C=O) groups excluding carboxylic acids is 1. The molecule has 1 aliphatic heterocycles. The summed E-state index contributed by atoms with van der Waals surface area (Å²) in [7, 11) is -6.87. The van der Waals surface area contributed by atoms with E-state index >= 15 is 0 Å². The molecule has 1 aromatic heterocycles. The first-order valence-electron chi connectivity index (χ1n) is 9.35. The molecule has 1 saturated heterocycles. The van der Waals surface area contributed by atoms with Crippen LogP contribution in [-0.4, -0.2) is 44.0 Å². The number of hydrogen-bond donors (Lipinski definition) is 2. The number of rotatable bonds is 5. The Bertz CT molecular complexity index is 1170. The number of nitrogens with zero attached hydrogens (tertiary/aromatic N) is 2. The molecular formula is C18H22N4O5S2. The minimum Gasteiger partial charge on any atom is -0.347 e. The van der Waals surface area contributed by atoms with Gasteiger partial charge in [0.05, 0.1) is 28.1 Å². The summed E-state index contributed by atoms with van der Waals surface area (Å²) < 4.78 is 48.1. The van der Waals surface area contributed by atoms with E-state index in [2.05, 4.69) is 10.4 Å². The maximum Gasteiger partial charge on any atom is 0.270 e. The standard InChI is InChI=1S/C18H22N4O5S2/c19-29(26,27)14-6-4-12(5-7-14)10-20-18(23)17-15-2-1-3-16(15)21-22(17)13-8-9-28(24,25)11-13/h4-7,13H,1-3,8-11H2,(H,20,23)(H2,19,26,27)/t13-/m1/s1. The summed E-state index contributed by atoms with van der Waals surface area (Å²) in [6, 6.07) is 5.64. The minimum absolute atomic E-state index is 0.00284. The molecule has 2 heterocycles. The van der Waals surface area contributed by atoms with Crippen LogP contribution in [0.5, 0.6) is 0 Å². The Morgan fingerprint density at radius 1 is 1.24 bits per heavy atom. The highest BCUT2D eigenvalue weighted by Gasteiger charge is 2.35. The van der Waals surface area contributed by atoms with Gasteiger partial charge in [-0.1, -0.05) is 12.1 Å². The number of primary sulfonamides is 1. The van der Waals surface area contributed by atoms with Crippen LogP contribution in [0.25, 0.3) is 0 Å². The van der Waals surface area contributed by atoms with E-state index in [1.54, 1.807) is 16.8 Å². The van der Waals surface area contributed by atoms with Gasteiger partial charge >= 0.3 is 0 Å². The molecule has 0 unspecified atom stereocenters. The monoisotopic (exact) mass is 438 g/mol. The van der Waals surface area contributed by atoms with Gasteiger partial charge in [-0.05, 0) is 43.4 Å². The molecular weight excluding hydrogens is 416 g/mol. The summed E-state index contributed by atoms with van der Waals surface area (Å²) in [6.07, 6.45) is 2.92. The zero-order valence-corrected chi connectivity index (χ0v) is 17.3. The molecule has 29 heavy (non-hydrogen) atoms. The number of sulfonamides is 1. The Hall–Kier alpha value is -2.24. The third-order valence-corrected chi connectivity index (χ3v) is 8.09. The molecule has 1 aliphatic carbocycles. The zero-order chi connectivity index (χ0) is 20.8. The second-order valence-electron chi connectivity index (χ2n) is 7.50. The highest BCUT2D eigenvalue weighted by atomic mass is 32.2. The van der Waals surface area contributed by atoms with Gasteiger partial charge < -0.3 is 5.32 Å². The number of aryl methyl sites for hydroxylation is 1. The number of fused-ring (bicyclic) bond motifs is 1. The third kappa shape index (κ3) is 4.07. The third-order valence-electron chi connectivity index (χ3n) is 5.41. The summed E-state index contributed by atoms with van der Waals surface area (Å²) in [5.74, 6) is -0.192. The van der Waals surface area contributed by atoms with E-state index in [0.717, 1.165) is 36.1 Å². The second kappa shape index (κ2) is 7.22. The molecule has 9 nitrogen and oxygen atoms in total. The highest BCUT2D eigenvalue weighted by Crippen LogP contribution is 2.31. The molecule has 1 amide bonds. The van der Waals surface area contributed by atoms with Crippen LogP contribution in [0, 0.1) is 0 Å². The first kappa shape index (κ1) is 20.0. The number of nitrogens with two attached hydrogens (primary N) is 1. The summed E-state index contributed by atoms with van der Waals surface area (Å²) in [6.45, 7) is 0.201. The topological polar surface area (TPSA) is 141 Å². The van der Waals surface area contributed by atoms with Crippen molar-refractivity contribution in [3.05, 3.63) is 46.8 Å². The van der Waals surface area contributed by atoms with Crippen LogP contribution >= 0.6 is 0 Å². The lowest BCUT2D eigenvalue weighted by Crippen LogP contribution is -2.28. The van der Waals surface area contributed by atoms with Gasteiger partial charge in [-0.15, -0.1) is 0 Å². The van der Waals surface area contributed by atoms with Crippen LogP contribution in [-0.2, 0) is 39.2 Å². The zero-order valence-electron chi connectivity index (χ0n) is 15.7. The first-order chi connectivity index (χ1) is 13.6. The van der Waals surface area contributed by atoms with Crippen LogP contribution in [0.15, 0.2) is 29.2 Å². The number of aromatic nitrogens is 2. The van der Waals surface area contributed by atoms with E-state index in [9.17, 15) is 21.6 Å². The minimum atomic E-state index is -3.77. The van der Waals surface area contributed by atoms with Gasteiger partial charge in [-0.3, -0.25) is 9.48 Å². The molecule has 0 bridgehead atoms. The van der Waals surface area contributed by atoms with Gasteiger partial charge in [0.25, 0.3) is 5.91 Å². The lowest BCUT2D eigenvalue weighted by molar-refractivity contribution is 0.0936. The van der Waals surface area contributed by atoms with Crippen LogP contribution < -0.4 is 10.5 Å². The van der Waals surface area contributed by atoms with E-state index in [4.69, 9.17) is 5.14 Å². The predicted molar refractivity (Wildman–Crippen MR) is 106 cm³/mol. The maximum absolute atomic E-state index is 13.0. The first-order valence-corrected chi connectivity index (χ1v) is 12.7. The van der Waals surface area contributed by atoms with Crippen molar-refractivity contribution in [1.29, 1.82) is 0 Å². The Morgan fingerprint density at radius 2 is 1.97 bits per heavy atom. The Balaban J connectivity index is 1.54. The van der Waals surface area contributed by atoms with Gasteiger partial charge in [-0.2, -0.15) is 5.10 Å². The average Bonchev–Trinajstić information content (AvgIpc) is 3.32. The van der Waals surface area contributed by atoms with Gasteiger partial charge in [0.2, 0.25) is 10.0 Å². The normalized spacial score (nSPS) is 20.5. The Kier molecular flexibility index (Phi) is 4.99. The molecule has 0 spiro atoms. The van der Waals surface area contributed by atoms with Crippen molar-refractivity contribution in [3.63, 3.8) is 0 Å². The molecule has 1 aromatic carbocycles. The van der Waals surface area contributed by atoms with Gasteiger partial charge in [0.15, 0.2) is 9.84 Å². The Labute approximate surface area is 169 Å². The molecule has 0 saturated carbocycles. The number of amides is 1. The smallest absolute Gasteiger partial charge is 0.270 e. The molecule has 2 aliphatic rings. The lowest BCUT2D eigenvalue weighted by atomic mass is 10.1. The Morgan fingerprint density at radius 3 is 2.59 bits per heavy atom. The van der Waals surface area contributed by atoms with Crippen molar-refractivity contribution >= 4 is 25.8 Å². The molecule has 0 radical (unpaired) electrons. The number of hydrogen-bond acceptors (Lipinski definition) is 6. The van der Waals surface area contributed by atoms with E-state index in [1.807, 2.05) is 0 Å². The molecule has 2 aromatic rings. The van der Waals surface area contributed by atoms with Crippen molar-refractivity contribution in [2.24, 2.45) is 5.14 Å². The lowest BCUT2D eigenvalue weighted by Gasteiger charge is -2.15. The number of benzene rings is 1. The van der Waals surface area contributed by atoms with Crippen molar-refractivity contribution < 1.29 is 21.6 Å².